The molecule has 3 N–H and O–H groups in total. The molecule has 0 spiro atoms. The molecule has 1 saturated carbocycles. The topological polar surface area (TPSA) is 59.1 Å². The van der Waals surface area contributed by atoms with E-state index in [2.05, 4.69) is 36.4 Å². The van der Waals surface area contributed by atoms with Gasteiger partial charge in [-0.1, -0.05) is 37.6 Å². The van der Waals surface area contributed by atoms with Crippen molar-refractivity contribution in [2.75, 3.05) is 7.05 Å². The molecule has 1 heterocycles. The lowest BCUT2D eigenvalue weighted by Gasteiger charge is -2.34. The quantitative estimate of drug-likeness (QED) is 0.761. The van der Waals surface area contributed by atoms with E-state index in [-0.39, 0.29) is 12.4 Å². The Balaban J connectivity index is 0.00000101. The number of benzene rings is 1. The van der Waals surface area contributed by atoms with Crippen LogP contribution in [0.2, 0.25) is 0 Å². The number of aromatic nitrogens is 1. The van der Waals surface area contributed by atoms with Gasteiger partial charge in [0, 0.05) is 11.6 Å². The normalized spacial score (nSPS) is 22.1. The van der Waals surface area contributed by atoms with Gasteiger partial charge in [-0.25, -0.2) is 0 Å². The molecule has 1 aromatic heterocycles. The first kappa shape index (κ1) is 21.6. The zero-order valence-electron chi connectivity index (χ0n) is 15.3. The van der Waals surface area contributed by atoms with Gasteiger partial charge in [-0.05, 0) is 61.8 Å². The summed E-state index contributed by atoms with van der Waals surface area (Å²) in [6, 6.07) is 10.1. The minimum atomic E-state index is -0.396. The number of nitrogens with two attached hydrogens (primary N) is 1. The largest absolute Gasteiger partial charge is 0.388 e. The lowest BCUT2D eigenvalue weighted by Crippen LogP contribution is -2.24. The van der Waals surface area contributed by atoms with Crippen LogP contribution in [0.1, 0.15) is 44.3 Å². The maximum atomic E-state index is 11.0. The summed E-state index contributed by atoms with van der Waals surface area (Å²) in [7, 11) is 1.50. The van der Waals surface area contributed by atoms with Gasteiger partial charge in [-0.15, -0.1) is 19.0 Å². The van der Waals surface area contributed by atoms with Crippen LogP contribution in [0, 0.1) is 17.8 Å². The van der Waals surface area contributed by atoms with Crippen LogP contribution in [-0.4, -0.2) is 17.1 Å². The fourth-order valence-electron chi connectivity index (χ4n) is 3.85. The van der Waals surface area contributed by atoms with Crippen LogP contribution in [0.5, 0.6) is 0 Å². The summed E-state index contributed by atoms with van der Waals surface area (Å²) in [5.41, 5.74) is 6.49. The van der Waals surface area contributed by atoms with E-state index in [9.17, 15) is 5.11 Å². The molecule has 25 heavy (non-hydrogen) atoms. The van der Waals surface area contributed by atoms with Crippen molar-refractivity contribution in [3.8, 4) is 0 Å². The number of nitrogens with zero attached hydrogens (tertiary/aromatic N) is 1. The second-order valence-electron chi connectivity index (χ2n) is 6.64. The first-order valence-corrected chi connectivity index (χ1v) is 8.92. The average Bonchev–Trinajstić information content (AvgIpc) is 2.68. The Bertz CT molecular complexity index is 656. The number of pyridine rings is 1. The number of aliphatic hydroxyl groups excluding tert-OH is 1. The van der Waals surface area contributed by atoms with Crippen LogP contribution in [0.25, 0.3) is 10.9 Å². The third-order valence-electron chi connectivity index (χ3n) is 5.32. The Morgan fingerprint density at radius 2 is 1.88 bits per heavy atom. The predicted octanol–water partition coefficient (Wildman–Crippen LogP) is 4.89. The van der Waals surface area contributed by atoms with Crippen LogP contribution in [-0.2, 0) is 0 Å². The zero-order valence-corrected chi connectivity index (χ0v) is 16.1. The summed E-state index contributed by atoms with van der Waals surface area (Å²) < 4.78 is 0. The van der Waals surface area contributed by atoms with Crippen molar-refractivity contribution in [1.82, 2.24) is 4.98 Å². The summed E-state index contributed by atoms with van der Waals surface area (Å²) in [4.78, 5) is 4.40. The molecule has 138 valence electrons. The summed E-state index contributed by atoms with van der Waals surface area (Å²) in [6.45, 7) is 6.18. The third-order valence-corrected chi connectivity index (χ3v) is 5.32. The number of halogens is 1. The van der Waals surface area contributed by atoms with Gasteiger partial charge < -0.3 is 10.8 Å². The number of aliphatic hydroxyl groups is 1. The molecule has 1 aromatic carbocycles. The molecule has 3 rings (SSSR count). The van der Waals surface area contributed by atoms with E-state index in [1.807, 2.05) is 30.5 Å². The number of fused-ring (bicyclic) bond motifs is 1. The van der Waals surface area contributed by atoms with Gasteiger partial charge in [0.15, 0.2) is 0 Å². The molecule has 0 amide bonds. The van der Waals surface area contributed by atoms with Crippen LogP contribution in [0.15, 0.2) is 49.2 Å². The lowest BCUT2D eigenvalue weighted by molar-refractivity contribution is 0.0630. The summed E-state index contributed by atoms with van der Waals surface area (Å²) in [5.74, 6) is 1.52. The molecule has 1 aliphatic carbocycles. The lowest BCUT2D eigenvalue weighted by atomic mass is 9.72. The zero-order chi connectivity index (χ0) is 17.5. The van der Waals surface area contributed by atoms with E-state index >= 15 is 0 Å². The van der Waals surface area contributed by atoms with E-state index in [4.69, 9.17) is 0 Å². The minimum absolute atomic E-state index is 0. The average molecular weight is 363 g/mol. The maximum Gasteiger partial charge on any atom is 0.0825 e. The second-order valence-corrected chi connectivity index (χ2v) is 6.64. The molecule has 0 aliphatic heterocycles. The molecule has 0 radical (unpaired) electrons. The van der Waals surface area contributed by atoms with Gasteiger partial charge in [-0.2, -0.15) is 0 Å². The number of allylic oxidation sites excluding steroid dienone is 1. The number of rotatable bonds is 4. The minimum Gasteiger partial charge on any atom is -0.388 e. The molecule has 2 aromatic rings. The molecule has 1 aliphatic rings. The number of hydrogen-bond donors (Lipinski definition) is 2. The van der Waals surface area contributed by atoms with Crippen molar-refractivity contribution in [3.05, 3.63) is 54.7 Å². The highest BCUT2D eigenvalue weighted by molar-refractivity contribution is 5.85. The SMILES string of the molecule is C=CC(C)C1CCCC([C@@H](O)c2ccnc3ccccc23)C1.CN.Cl. The van der Waals surface area contributed by atoms with E-state index in [0.717, 1.165) is 29.3 Å². The van der Waals surface area contributed by atoms with Gasteiger partial charge in [0.1, 0.15) is 0 Å². The second kappa shape index (κ2) is 10.5. The third kappa shape index (κ3) is 5.04. The Morgan fingerprint density at radius 3 is 2.60 bits per heavy atom. The monoisotopic (exact) mass is 362 g/mol. The fraction of sp³-hybridized carbons (Fsp3) is 0.476. The number of para-hydroxylation sites is 1. The van der Waals surface area contributed by atoms with Crippen LogP contribution < -0.4 is 5.73 Å². The van der Waals surface area contributed by atoms with E-state index < -0.39 is 6.10 Å². The van der Waals surface area contributed by atoms with Crippen molar-refractivity contribution in [3.63, 3.8) is 0 Å². The Hall–Kier alpha value is -1.42. The molecule has 3 unspecified atom stereocenters. The van der Waals surface area contributed by atoms with E-state index in [1.54, 1.807) is 0 Å². The summed E-state index contributed by atoms with van der Waals surface area (Å²) in [6.07, 6.45) is 8.13. The molecule has 4 heteroatoms. The highest BCUT2D eigenvalue weighted by atomic mass is 35.5. The van der Waals surface area contributed by atoms with Gasteiger partial charge in [0.25, 0.3) is 0 Å². The fourth-order valence-corrected chi connectivity index (χ4v) is 3.85. The van der Waals surface area contributed by atoms with E-state index in [0.29, 0.717) is 17.8 Å². The van der Waals surface area contributed by atoms with Crippen LogP contribution in [0.4, 0.5) is 0 Å². The van der Waals surface area contributed by atoms with Crippen molar-refractivity contribution in [2.24, 2.45) is 23.5 Å². The van der Waals surface area contributed by atoms with E-state index in [1.165, 1.54) is 19.9 Å². The first-order chi connectivity index (χ1) is 11.7. The van der Waals surface area contributed by atoms with Crippen molar-refractivity contribution in [2.45, 2.75) is 38.7 Å². The molecule has 0 saturated heterocycles. The van der Waals surface area contributed by atoms with Crippen molar-refractivity contribution >= 4 is 23.3 Å². The molecule has 0 bridgehead atoms. The molecule has 4 atom stereocenters. The molecular formula is C21H31ClN2O. The Morgan fingerprint density at radius 1 is 1.20 bits per heavy atom. The maximum absolute atomic E-state index is 11.0. The van der Waals surface area contributed by atoms with Crippen LogP contribution >= 0.6 is 12.4 Å². The molecule has 3 nitrogen and oxygen atoms in total. The van der Waals surface area contributed by atoms with Gasteiger partial charge >= 0.3 is 0 Å². The standard InChI is InChI=1S/C20H25NO.CH5N.ClH/c1-3-14(2)15-7-6-8-16(13-15)20(22)18-11-12-21-19-10-5-4-9-17(18)19;1-2;/h3-5,9-12,14-16,20,22H,1,6-8,13H2,2H3;2H2,1H3;1H/t14?,15?,16?,20-;;/m1../s1. The summed E-state index contributed by atoms with van der Waals surface area (Å²) in [5, 5.41) is 12.0. The van der Waals surface area contributed by atoms with Gasteiger partial charge in [0.05, 0.1) is 11.6 Å². The predicted molar refractivity (Wildman–Crippen MR) is 109 cm³/mol. The molecular weight excluding hydrogens is 332 g/mol. The first-order valence-electron chi connectivity index (χ1n) is 8.92. The van der Waals surface area contributed by atoms with Gasteiger partial charge in [0.2, 0.25) is 0 Å². The van der Waals surface area contributed by atoms with Gasteiger partial charge in [-0.3, -0.25) is 4.98 Å². The van der Waals surface area contributed by atoms with Crippen LogP contribution in [0.3, 0.4) is 0 Å². The van der Waals surface area contributed by atoms with Crippen molar-refractivity contribution < 1.29 is 5.11 Å². The highest BCUT2D eigenvalue weighted by Gasteiger charge is 2.30. The Kier molecular flexibility index (Phi) is 9.12. The Labute approximate surface area is 157 Å². The van der Waals surface area contributed by atoms with Crippen molar-refractivity contribution in [1.29, 1.82) is 0 Å². The molecule has 1 fully saturated rings. The number of hydrogen-bond acceptors (Lipinski definition) is 3. The highest BCUT2D eigenvalue weighted by Crippen LogP contribution is 2.41. The smallest absolute Gasteiger partial charge is 0.0825 e. The summed E-state index contributed by atoms with van der Waals surface area (Å²) >= 11 is 0.